The largest absolute Gasteiger partial charge is 0.338 e. The molecule has 0 aliphatic rings. The number of alkyl halides is 2. The smallest absolute Gasteiger partial charge is 0.280 e. The molecule has 120 valence electrons. The molecule has 0 radical (unpaired) electrons. The van der Waals surface area contributed by atoms with Crippen molar-refractivity contribution in [1.29, 1.82) is 0 Å². The van der Waals surface area contributed by atoms with E-state index in [0.29, 0.717) is 18.8 Å². The van der Waals surface area contributed by atoms with Crippen LogP contribution in [0.4, 0.5) is 8.78 Å². The molecule has 0 aromatic carbocycles. The molecule has 8 heteroatoms. The van der Waals surface area contributed by atoms with Crippen LogP contribution in [0.3, 0.4) is 0 Å². The quantitative estimate of drug-likeness (QED) is 0.820. The van der Waals surface area contributed by atoms with Gasteiger partial charge in [0.1, 0.15) is 12.2 Å². The molecule has 1 amide bonds. The van der Waals surface area contributed by atoms with Gasteiger partial charge in [0.05, 0.1) is 17.9 Å². The van der Waals surface area contributed by atoms with Crippen LogP contribution in [0.2, 0.25) is 0 Å². The van der Waals surface area contributed by atoms with Gasteiger partial charge in [-0.2, -0.15) is 10.2 Å². The van der Waals surface area contributed by atoms with Crippen LogP contribution in [0.15, 0.2) is 18.3 Å². The van der Waals surface area contributed by atoms with E-state index in [4.69, 9.17) is 0 Å². The first kappa shape index (κ1) is 16.1. The highest BCUT2D eigenvalue weighted by molar-refractivity contribution is 5.75. The lowest BCUT2D eigenvalue weighted by atomic mass is 10.3. The van der Waals surface area contributed by atoms with Gasteiger partial charge in [0.25, 0.3) is 6.43 Å². The highest BCUT2D eigenvalue weighted by atomic mass is 19.3. The third-order valence-corrected chi connectivity index (χ3v) is 3.37. The van der Waals surface area contributed by atoms with Crippen molar-refractivity contribution >= 4 is 5.91 Å². The van der Waals surface area contributed by atoms with Gasteiger partial charge in [-0.15, -0.1) is 0 Å². The summed E-state index contributed by atoms with van der Waals surface area (Å²) in [7, 11) is 1.63. The summed E-state index contributed by atoms with van der Waals surface area (Å²) in [4.78, 5) is 13.7. The summed E-state index contributed by atoms with van der Waals surface area (Å²) in [5.41, 5.74) is 1.12. The lowest BCUT2D eigenvalue weighted by molar-refractivity contribution is -0.131. The standard InChI is InChI=1S/C14H19F2N5O/c1-4-20-11(5-6-17-20)8-19(3)13(22)9-21-12(14(15)16)7-10(2)18-21/h5-7,14H,4,8-9H2,1-3H3. The Morgan fingerprint density at radius 2 is 2.14 bits per heavy atom. The van der Waals surface area contributed by atoms with Crippen LogP contribution >= 0.6 is 0 Å². The fourth-order valence-electron chi connectivity index (χ4n) is 2.23. The average Bonchev–Trinajstić information content (AvgIpc) is 3.04. The SMILES string of the molecule is CCn1nccc1CN(C)C(=O)Cn1nc(C)cc1C(F)F. The van der Waals surface area contributed by atoms with Gasteiger partial charge in [-0.1, -0.05) is 0 Å². The molecule has 0 unspecified atom stereocenters. The number of carbonyl (C=O) groups excluding carboxylic acids is 1. The first-order valence-corrected chi connectivity index (χ1v) is 6.99. The van der Waals surface area contributed by atoms with E-state index in [1.807, 2.05) is 13.0 Å². The zero-order valence-electron chi connectivity index (χ0n) is 12.8. The molecule has 0 bridgehead atoms. The molecular formula is C14H19F2N5O. The van der Waals surface area contributed by atoms with Gasteiger partial charge in [0.15, 0.2) is 0 Å². The van der Waals surface area contributed by atoms with Gasteiger partial charge in [0.2, 0.25) is 5.91 Å². The molecular weight excluding hydrogens is 292 g/mol. The number of amides is 1. The van der Waals surface area contributed by atoms with Crippen molar-refractivity contribution in [3.8, 4) is 0 Å². The van der Waals surface area contributed by atoms with Crippen molar-refractivity contribution < 1.29 is 13.6 Å². The van der Waals surface area contributed by atoms with Crippen molar-refractivity contribution in [3.05, 3.63) is 35.4 Å². The Hall–Kier alpha value is -2.25. The van der Waals surface area contributed by atoms with Crippen LogP contribution in [0, 0.1) is 6.92 Å². The fourth-order valence-corrected chi connectivity index (χ4v) is 2.23. The van der Waals surface area contributed by atoms with Gasteiger partial charge in [-0.25, -0.2) is 8.78 Å². The predicted molar refractivity (Wildman–Crippen MR) is 76.3 cm³/mol. The van der Waals surface area contributed by atoms with Crippen LogP contribution in [-0.4, -0.2) is 37.4 Å². The highest BCUT2D eigenvalue weighted by Crippen LogP contribution is 2.19. The molecule has 0 spiro atoms. The summed E-state index contributed by atoms with van der Waals surface area (Å²) >= 11 is 0. The van der Waals surface area contributed by atoms with Crippen LogP contribution in [0.5, 0.6) is 0 Å². The maximum atomic E-state index is 12.9. The Morgan fingerprint density at radius 1 is 1.41 bits per heavy atom. The van der Waals surface area contributed by atoms with Gasteiger partial charge >= 0.3 is 0 Å². The topological polar surface area (TPSA) is 56.0 Å². The van der Waals surface area contributed by atoms with Crippen LogP contribution in [-0.2, 0) is 24.4 Å². The molecule has 22 heavy (non-hydrogen) atoms. The zero-order valence-corrected chi connectivity index (χ0v) is 12.8. The number of likely N-dealkylation sites (N-methyl/N-ethyl adjacent to an activating group) is 1. The lowest BCUT2D eigenvalue weighted by Crippen LogP contribution is -2.31. The summed E-state index contributed by atoms with van der Waals surface area (Å²) in [6.07, 6.45) is -0.982. The summed E-state index contributed by atoms with van der Waals surface area (Å²) in [5, 5.41) is 8.09. The van der Waals surface area contributed by atoms with Gasteiger partial charge in [-0.05, 0) is 26.0 Å². The molecule has 0 atom stereocenters. The van der Waals surface area contributed by atoms with Crippen molar-refractivity contribution in [2.24, 2.45) is 0 Å². The minimum atomic E-state index is -2.65. The second kappa shape index (κ2) is 6.67. The summed E-state index contributed by atoms with van der Waals surface area (Å²) < 4.78 is 28.6. The number of hydrogen-bond acceptors (Lipinski definition) is 3. The second-order valence-electron chi connectivity index (χ2n) is 5.06. The molecule has 0 saturated carbocycles. The Kier molecular flexibility index (Phi) is 4.89. The monoisotopic (exact) mass is 311 g/mol. The van der Waals surface area contributed by atoms with E-state index in [2.05, 4.69) is 10.2 Å². The second-order valence-corrected chi connectivity index (χ2v) is 5.06. The minimum Gasteiger partial charge on any atom is -0.338 e. The summed E-state index contributed by atoms with van der Waals surface area (Å²) in [5.74, 6) is -0.283. The third kappa shape index (κ3) is 3.49. The van der Waals surface area contributed by atoms with Crippen molar-refractivity contribution in [2.45, 2.75) is 39.9 Å². The summed E-state index contributed by atoms with van der Waals surface area (Å²) in [6, 6.07) is 3.13. The van der Waals surface area contributed by atoms with Crippen molar-refractivity contribution in [2.75, 3.05) is 7.05 Å². The number of rotatable bonds is 6. The first-order valence-electron chi connectivity index (χ1n) is 6.99. The van der Waals surface area contributed by atoms with Gasteiger partial charge in [-0.3, -0.25) is 14.2 Å². The number of aromatic nitrogens is 4. The molecule has 2 aromatic rings. The van der Waals surface area contributed by atoms with Crippen molar-refractivity contribution in [3.63, 3.8) is 0 Å². The van der Waals surface area contributed by atoms with Crippen LogP contribution < -0.4 is 0 Å². The predicted octanol–water partition coefficient (Wildman–Crippen LogP) is 2.00. The molecule has 6 nitrogen and oxygen atoms in total. The Morgan fingerprint density at radius 3 is 2.77 bits per heavy atom. The molecule has 0 N–H and O–H groups in total. The van der Waals surface area contributed by atoms with E-state index in [1.165, 1.54) is 11.0 Å². The van der Waals surface area contributed by atoms with Crippen LogP contribution in [0.1, 0.15) is 30.4 Å². The number of hydrogen-bond donors (Lipinski definition) is 0. The normalized spacial score (nSPS) is 11.2. The Bertz CT molecular complexity index is 649. The molecule has 2 aromatic heterocycles. The number of halogens is 2. The number of nitrogens with zero attached hydrogens (tertiary/aromatic N) is 5. The lowest BCUT2D eigenvalue weighted by Gasteiger charge is -2.18. The molecule has 0 fully saturated rings. The summed E-state index contributed by atoms with van der Waals surface area (Å²) in [6.45, 7) is 4.45. The van der Waals surface area contributed by atoms with E-state index in [9.17, 15) is 13.6 Å². The first-order chi connectivity index (χ1) is 10.4. The fraction of sp³-hybridized carbons (Fsp3) is 0.500. The van der Waals surface area contributed by atoms with E-state index < -0.39 is 6.43 Å². The average molecular weight is 311 g/mol. The molecule has 0 aliphatic heterocycles. The third-order valence-electron chi connectivity index (χ3n) is 3.37. The maximum Gasteiger partial charge on any atom is 0.280 e. The van der Waals surface area contributed by atoms with Gasteiger partial charge in [0, 0.05) is 19.8 Å². The van der Waals surface area contributed by atoms with E-state index in [0.717, 1.165) is 10.4 Å². The molecule has 2 rings (SSSR count). The Labute approximate surface area is 127 Å². The highest BCUT2D eigenvalue weighted by Gasteiger charge is 2.19. The molecule has 0 saturated heterocycles. The zero-order chi connectivity index (χ0) is 16.3. The maximum absolute atomic E-state index is 12.9. The van der Waals surface area contributed by atoms with E-state index in [-0.39, 0.29) is 18.1 Å². The van der Waals surface area contributed by atoms with Crippen molar-refractivity contribution in [1.82, 2.24) is 24.5 Å². The molecule has 2 heterocycles. The number of carbonyl (C=O) groups is 1. The van der Waals surface area contributed by atoms with Crippen LogP contribution in [0.25, 0.3) is 0 Å². The van der Waals surface area contributed by atoms with Gasteiger partial charge < -0.3 is 4.90 Å². The Balaban J connectivity index is 2.06. The number of aryl methyl sites for hydroxylation is 2. The van der Waals surface area contributed by atoms with E-state index in [1.54, 1.807) is 24.9 Å². The molecule has 0 aliphatic carbocycles. The minimum absolute atomic E-state index is 0.204. The van der Waals surface area contributed by atoms with E-state index >= 15 is 0 Å².